The lowest BCUT2D eigenvalue weighted by Gasteiger charge is -2.25. The van der Waals surface area contributed by atoms with Gasteiger partial charge in [0.05, 0.1) is 18.8 Å². The predicted octanol–water partition coefficient (Wildman–Crippen LogP) is 2.07. The number of hydrogen-bond donors (Lipinski definition) is 0. The molecule has 0 N–H and O–H groups in total. The molecule has 1 aliphatic heterocycles. The van der Waals surface area contributed by atoms with Crippen molar-refractivity contribution in [2.75, 3.05) is 20.7 Å². The van der Waals surface area contributed by atoms with Crippen LogP contribution in [0.2, 0.25) is 0 Å². The van der Waals surface area contributed by atoms with Gasteiger partial charge < -0.3 is 9.64 Å². The number of nitrogens with zero attached hydrogens (tertiary/aromatic N) is 3. The van der Waals surface area contributed by atoms with Gasteiger partial charge in [0.25, 0.3) is 0 Å². The molecule has 0 unspecified atom stereocenters. The van der Waals surface area contributed by atoms with Gasteiger partial charge >= 0.3 is 0 Å². The van der Waals surface area contributed by atoms with Gasteiger partial charge in [-0.3, -0.25) is 4.68 Å². The summed E-state index contributed by atoms with van der Waals surface area (Å²) < 4.78 is 7.07. The summed E-state index contributed by atoms with van der Waals surface area (Å²) in [5.74, 6) is 0. The van der Waals surface area contributed by atoms with E-state index in [4.69, 9.17) is 4.74 Å². The molecule has 2 aromatic rings. The average molecular weight is 271 g/mol. The fourth-order valence-electron chi connectivity index (χ4n) is 2.75. The van der Waals surface area contributed by atoms with Crippen molar-refractivity contribution in [3.63, 3.8) is 0 Å². The number of methoxy groups -OCH3 is 1. The molecule has 0 saturated carbocycles. The average Bonchev–Trinajstić information content (AvgIpc) is 2.87. The molecule has 20 heavy (non-hydrogen) atoms. The number of rotatable bonds is 4. The number of likely N-dealkylation sites (N-methyl/N-ethyl adjacent to an activating group) is 1. The Morgan fingerprint density at radius 1 is 1.25 bits per heavy atom. The minimum Gasteiger partial charge on any atom is -0.378 e. The third-order valence-corrected chi connectivity index (χ3v) is 3.81. The molecule has 0 amide bonds. The molecule has 0 atom stereocenters. The van der Waals surface area contributed by atoms with Crippen molar-refractivity contribution in [2.45, 2.75) is 26.1 Å². The molecule has 1 aromatic carbocycles. The summed E-state index contributed by atoms with van der Waals surface area (Å²) in [6, 6.07) is 8.83. The van der Waals surface area contributed by atoms with Crippen LogP contribution < -0.4 is 0 Å². The molecule has 106 valence electrons. The molecule has 0 bridgehead atoms. The summed E-state index contributed by atoms with van der Waals surface area (Å²) >= 11 is 0. The van der Waals surface area contributed by atoms with E-state index >= 15 is 0 Å². The minimum absolute atomic E-state index is 0.573. The van der Waals surface area contributed by atoms with Crippen LogP contribution >= 0.6 is 0 Å². The fourth-order valence-corrected chi connectivity index (χ4v) is 2.75. The Balaban J connectivity index is 1.74. The standard InChI is InChI=1S/C16H21N3O/c1-18-7-5-14-9-13(3-4-15(14)11-18)10-19-8-6-16(17-19)12-20-2/h3-4,6,8-9H,5,7,10-12H2,1-2H3. The van der Waals surface area contributed by atoms with Crippen LogP contribution in [0.3, 0.4) is 0 Å². The van der Waals surface area contributed by atoms with E-state index < -0.39 is 0 Å². The number of hydrogen-bond acceptors (Lipinski definition) is 3. The van der Waals surface area contributed by atoms with Gasteiger partial charge in [-0.05, 0) is 36.2 Å². The van der Waals surface area contributed by atoms with Crippen LogP contribution in [0.5, 0.6) is 0 Å². The summed E-state index contributed by atoms with van der Waals surface area (Å²) in [6.07, 6.45) is 3.16. The van der Waals surface area contributed by atoms with Crippen molar-refractivity contribution < 1.29 is 4.74 Å². The fraction of sp³-hybridized carbons (Fsp3) is 0.438. The SMILES string of the molecule is COCc1ccn(Cc2ccc3c(c2)CCN(C)C3)n1. The van der Waals surface area contributed by atoms with E-state index in [1.165, 1.54) is 16.7 Å². The van der Waals surface area contributed by atoms with Crippen LogP contribution in [-0.4, -0.2) is 35.4 Å². The maximum absolute atomic E-state index is 5.10. The number of aromatic nitrogens is 2. The van der Waals surface area contributed by atoms with Gasteiger partial charge in [-0.2, -0.15) is 5.10 Å². The Kier molecular flexibility index (Phi) is 3.85. The topological polar surface area (TPSA) is 30.3 Å². The molecule has 0 radical (unpaired) electrons. The summed E-state index contributed by atoms with van der Waals surface area (Å²) in [7, 11) is 3.87. The van der Waals surface area contributed by atoms with Gasteiger partial charge in [-0.1, -0.05) is 18.2 Å². The van der Waals surface area contributed by atoms with Gasteiger partial charge in [0.15, 0.2) is 0 Å². The van der Waals surface area contributed by atoms with Crippen LogP contribution in [0.4, 0.5) is 0 Å². The quantitative estimate of drug-likeness (QED) is 0.853. The van der Waals surface area contributed by atoms with E-state index in [1.54, 1.807) is 7.11 Å². The molecule has 2 heterocycles. The maximum Gasteiger partial charge on any atom is 0.0902 e. The summed E-state index contributed by atoms with van der Waals surface area (Å²) in [5, 5.41) is 4.50. The lowest BCUT2D eigenvalue weighted by Crippen LogP contribution is -2.26. The van der Waals surface area contributed by atoms with Crippen molar-refractivity contribution in [3.8, 4) is 0 Å². The molecule has 3 rings (SSSR count). The minimum atomic E-state index is 0.573. The van der Waals surface area contributed by atoms with Gasteiger partial charge in [-0.15, -0.1) is 0 Å². The highest BCUT2D eigenvalue weighted by Crippen LogP contribution is 2.19. The summed E-state index contributed by atoms with van der Waals surface area (Å²) in [5.41, 5.74) is 5.25. The van der Waals surface area contributed by atoms with E-state index in [0.29, 0.717) is 6.61 Å². The van der Waals surface area contributed by atoms with Gasteiger partial charge in [0.2, 0.25) is 0 Å². The Labute approximate surface area is 120 Å². The second kappa shape index (κ2) is 5.77. The zero-order chi connectivity index (χ0) is 13.9. The molecule has 4 heteroatoms. The van der Waals surface area contributed by atoms with Gasteiger partial charge in [0, 0.05) is 26.4 Å². The Bertz CT molecular complexity index is 591. The van der Waals surface area contributed by atoms with Crippen LogP contribution in [0.25, 0.3) is 0 Å². The number of benzene rings is 1. The second-order valence-corrected chi connectivity index (χ2v) is 5.53. The van der Waals surface area contributed by atoms with Crippen molar-refractivity contribution in [2.24, 2.45) is 0 Å². The second-order valence-electron chi connectivity index (χ2n) is 5.53. The molecule has 1 aromatic heterocycles. The highest BCUT2D eigenvalue weighted by atomic mass is 16.5. The van der Waals surface area contributed by atoms with E-state index in [9.17, 15) is 0 Å². The largest absolute Gasteiger partial charge is 0.378 e. The van der Waals surface area contributed by atoms with Crippen LogP contribution in [0, 0.1) is 0 Å². The molecule has 0 aliphatic carbocycles. The van der Waals surface area contributed by atoms with Crippen molar-refractivity contribution in [1.29, 1.82) is 0 Å². The zero-order valence-corrected chi connectivity index (χ0v) is 12.2. The van der Waals surface area contributed by atoms with E-state index in [1.807, 2.05) is 16.9 Å². The monoisotopic (exact) mass is 271 g/mol. The van der Waals surface area contributed by atoms with Crippen molar-refractivity contribution in [1.82, 2.24) is 14.7 Å². The molecule has 1 aliphatic rings. The van der Waals surface area contributed by atoms with Gasteiger partial charge in [-0.25, -0.2) is 0 Å². The first-order chi connectivity index (χ1) is 9.74. The summed E-state index contributed by atoms with van der Waals surface area (Å²) in [4.78, 5) is 2.37. The molecule has 0 spiro atoms. The predicted molar refractivity (Wildman–Crippen MR) is 78.5 cm³/mol. The molecular weight excluding hydrogens is 250 g/mol. The van der Waals surface area contributed by atoms with E-state index in [2.05, 4.69) is 35.2 Å². The first-order valence-corrected chi connectivity index (χ1v) is 7.05. The maximum atomic E-state index is 5.10. The smallest absolute Gasteiger partial charge is 0.0902 e. The first-order valence-electron chi connectivity index (χ1n) is 7.05. The summed E-state index contributed by atoms with van der Waals surface area (Å²) in [6.45, 7) is 3.61. The van der Waals surface area contributed by atoms with Crippen LogP contribution in [-0.2, 0) is 30.9 Å². The Morgan fingerprint density at radius 2 is 2.15 bits per heavy atom. The first kappa shape index (κ1) is 13.3. The lowest BCUT2D eigenvalue weighted by molar-refractivity contribution is 0.181. The normalized spacial score (nSPS) is 15.3. The number of fused-ring (bicyclic) bond motifs is 1. The van der Waals surface area contributed by atoms with Crippen LogP contribution in [0.15, 0.2) is 30.5 Å². The molecule has 0 saturated heterocycles. The third kappa shape index (κ3) is 2.92. The van der Waals surface area contributed by atoms with Crippen molar-refractivity contribution >= 4 is 0 Å². The van der Waals surface area contributed by atoms with Gasteiger partial charge in [0.1, 0.15) is 0 Å². The Morgan fingerprint density at radius 3 is 3.00 bits per heavy atom. The van der Waals surface area contributed by atoms with Crippen LogP contribution in [0.1, 0.15) is 22.4 Å². The zero-order valence-electron chi connectivity index (χ0n) is 12.2. The highest BCUT2D eigenvalue weighted by molar-refractivity contribution is 5.34. The third-order valence-electron chi connectivity index (χ3n) is 3.81. The molecular formula is C16H21N3O. The Hall–Kier alpha value is -1.65. The van der Waals surface area contributed by atoms with Crippen molar-refractivity contribution in [3.05, 3.63) is 52.8 Å². The van der Waals surface area contributed by atoms with E-state index in [-0.39, 0.29) is 0 Å². The number of ether oxygens (including phenoxy) is 1. The van der Waals surface area contributed by atoms with E-state index in [0.717, 1.165) is 31.7 Å². The highest BCUT2D eigenvalue weighted by Gasteiger charge is 2.13. The molecule has 0 fully saturated rings. The lowest BCUT2D eigenvalue weighted by atomic mass is 9.97. The molecule has 4 nitrogen and oxygen atoms in total.